The summed E-state index contributed by atoms with van der Waals surface area (Å²) in [6, 6.07) is 3.76. The largest absolute Gasteiger partial charge is 0.460 e. The van der Waals surface area contributed by atoms with Gasteiger partial charge < -0.3 is 9.47 Å². The first-order valence-corrected chi connectivity index (χ1v) is 8.58. The van der Waals surface area contributed by atoms with Gasteiger partial charge in [-0.2, -0.15) is 0 Å². The van der Waals surface area contributed by atoms with Crippen LogP contribution >= 0.6 is 11.6 Å². The lowest BCUT2D eigenvalue weighted by atomic mass is 10.2. The Hall–Kier alpha value is -1.64. The lowest BCUT2D eigenvalue weighted by molar-refractivity contribution is -0.147. The first kappa shape index (κ1) is 17.7. The Morgan fingerprint density at radius 2 is 2.04 bits per heavy atom. The van der Waals surface area contributed by atoms with Crippen LogP contribution in [0.15, 0.2) is 23.1 Å². The van der Waals surface area contributed by atoms with E-state index < -0.39 is 28.1 Å². The smallest absolute Gasteiger partial charge is 0.347 e. The minimum atomic E-state index is -3.81. The van der Waals surface area contributed by atoms with Gasteiger partial charge in [0.1, 0.15) is 11.0 Å². The number of benzene rings is 1. The molecule has 1 aliphatic heterocycles. The molecule has 2 atom stereocenters. The van der Waals surface area contributed by atoms with Crippen LogP contribution < -0.4 is 0 Å². The number of esters is 2. The molecule has 1 aliphatic rings. The summed E-state index contributed by atoms with van der Waals surface area (Å²) in [4.78, 5) is 23.4. The molecule has 23 heavy (non-hydrogen) atoms. The molecule has 1 saturated heterocycles. The van der Waals surface area contributed by atoms with Gasteiger partial charge in [-0.1, -0.05) is 11.6 Å². The Labute approximate surface area is 139 Å². The van der Waals surface area contributed by atoms with Crippen molar-refractivity contribution in [1.29, 1.82) is 0 Å². The first-order chi connectivity index (χ1) is 10.6. The summed E-state index contributed by atoms with van der Waals surface area (Å²) in [5.74, 6) is -1.42. The second-order valence-corrected chi connectivity index (χ2v) is 7.84. The third-order valence-corrected chi connectivity index (χ3v) is 5.60. The molecule has 0 N–H and O–H groups in total. The molecule has 1 aromatic carbocycles. The van der Waals surface area contributed by atoms with Crippen LogP contribution in [-0.2, 0) is 24.3 Å². The van der Waals surface area contributed by atoms with Crippen LogP contribution in [0.3, 0.4) is 0 Å². The number of ether oxygens (including phenoxy) is 2. The molecule has 1 aromatic rings. The predicted molar refractivity (Wildman–Crippen MR) is 81.7 cm³/mol. The first-order valence-electron chi connectivity index (χ1n) is 6.76. The van der Waals surface area contributed by atoms with Crippen molar-refractivity contribution in [1.82, 2.24) is 4.31 Å². The fraction of sp³-hybridized carbons (Fsp3) is 0.429. The van der Waals surface area contributed by atoms with Crippen molar-refractivity contribution in [2.45, 2.75) is 30.4 Å². The number of carbonyl (C=O) groups excluding carboxylic acids is 2. The zero-order chi connectivity index (χ0) is 17.4. The van der Waals surface area contributed by atoms with E-state index in [0.717, 1.165) is 10.4 Å². The summed E-state index contributed by atoms with van der Waals surface area (Å²) in [6.45, 7) is 1.69. The van der Waals surface area contributed by atoms with E-state index in [0.29, 0.717) is 0 Å². The van der Waals surface area contributed by atoms with Gasteiger partial charge in [-0.25, -0.2) is 22.3 Å². The highest BCUT2D eigenvalue weighted by Gasteiger charge is 2.35. The molecular formula is C14H16ClNO6S. The van der Waals surface area contributed by atoms with Crippen LogP contribution in [0.1, 0.15) is 23.7 Å². The molecule has 0 amide bonds. The Balaban J connectivity index is 2.27. The number of hydrogen-bond donors (Lipinski definition) is 0. The molecule has 1 heterocycles. The van der Waals surface area contributed by atoms with E-state index in [4.69, 9.17) is 21.1 Å². The minimum absolute atomic E-state index is 0.0100. The van der Waals surface area contributed by atoms with Gasteiger partial charge in [-0.05, 0) is 25.1 Å². The average molecular weight is 362 g/mol. The topological polar surface area (TPSA) is 90.0 Å². The average Bonchev–Trinajstić information content (AvgIpc) is 2.76. The van der Waals surface area contributed by atoms with Gasteiger partial charge >= 0.3 is 11.9 Å². The molecule has 0 bridgehead atoms. The summed E-state index contributed by atoms with van der Waals surface area (Å²) >= 11 is 5.91. The zero-order valence-corrected chi connectivity index (χ0v) is 14.3. The van der Waals surface area contributed by atoms with Crippen LogP contribution in [0.25, 0.3) is 0 Å². The van der Waals surface area contributed by atoms with Crippen molar-refractivity contribution in [3.8, 4) is 0 Å². The SMILES string of the molecule is CC1CC(OC(=O)c2ccc(Cl)c(S(=O)(=O)N(C)C)c2)C(=O)O1. The standard InChI is InChI=1S/C14H16ClNO6S/c1-8-6-11(14(18)21-8)22-13(17)9-4-5-10(15)12(7-9)23(19,20)16(2)3/h4-5,7-8,11H,6H2,1-3H3. The van der Waals surface area contributed by atoms with Gasteiger partial charge in [0.05, 0.1) is 10.6 Å². The summed E-state index contributed by atoms with van der Waals surface area (Å²) in [5, 5.41) is -0.0100. The van der Waals surface area contributed by atoms with E-state index in [1.54, 1.807) is 6.92 Å². The predicted octanol–water partition coefficient (Wildman–Crippen LogP) is 1.45. The number of carbonyl (C=O) groups is 2. The van der Waals surface area contributed by atoms with Gasteiger partial charge in [-0.15, -0.1) is 0 Å². The number of rotatable bonds is 4. The fourth-order valence-corrected chi connectivity index (χ4v) is 3.43. The van der Waals surface area contributed by atoms with Gasteiger partial charge in [-0.3, -0.25) is 0 Å². The van der Waals surface area contributed by atoms with E-state index in [1.165, 1.54) is 26.2 Å². The lowest BCUT2D eigenvalue weighted by Gasteiger charge is -2.14. The van der Waals surface area contributed by atoms with Crippen LogP contribution in [0.2, 0.25) is 5.02 Å². The molecule has 1 fully saturated rings. The Bertz CT molecular complexity index is 746. The van der Waals surface area contributed by atoms with Crippen molar-refractivity contribution in [3.05, 3.63) is 28.8 Å². The van der Waals surface area contributed by atoms with Crippen molar-refractivity contribution >= 4 is 33.6 Å². The Morgan fingerprint density at radius 1 is 1.39 bits per heavy atom. The van der Waals surface area contributed by atoms with Crippen LogP contribution in [0.4, 0.5) is 0 Å². The van der Waals surface area contributed by atoms with Crippen molar-refractivity contribution in [2.24, 2.45) is 0 Å². The van der Waals surface area contributed by atoms with E-state index >= 15 is 0 Å². The molecule has 0 saturated carbocycles. The molecule has 0 aliphatic carbocycles. The summed E-state index contributed by atoms with van der Waals surface area (Å²) in [7, 11) is -1.10. The monoisotopic (exact) mass is 361 g/mol. The highest BCUT2D eigenvalue weighted by atomic mass is 35.5. The Morgan fingerprint density at radius 3 is 2.57 bits per heavy atom. The van der Waals surface area contributed by atoms with Gasteiger partial charge in [0.2, 0.25) is 16.1 Å². The van der Waals surface area contributed by atoms with Crippen LogP contribution in [0.5, 0.6) is 0 Å². The maximum absolute atomic E-state index is 12.2. The van der Waals surface area contributed by atoms with Crippen LogP contribution in [0, 0.1) is 0 Å². The summed E-state index contributed by atoms with van der Waals surface area (Å²) < 4.78 is 35.3. The molecule has 2 unspecified atom stereocenters. The quantitative estimate of drug-likeness (QED) is 0.754. The highest BCUT2D eigenvalue weighted by molar-refractivity contribution is 7.89. The van der Waals surface area contributed by atoms with Gasteiger partial charge in [0, 0.05) is 20.5 Å². The lowest BCUT2D eigenvalue weighted by Crippen LogP contribution is -2.24. The molecule has 2 rings (SSSR count). The third-order valence-electron chi connectivity index (χ3n) is 3.30. The second kappa shape index (κ2) is 6.46. The molecular weight excluding hydrogens is 346 g/mol. The van der Waals surface area contributed by atoms with Gasteiger partial charge in [0.15, 0.2) is 0 Å². The van der Waals surface area contributed by atoms with E-state index in [1.807, 2.05) is 0 Å². The number of nitrogens with zero attached hydrogens (tertiary/aromatic N) is 1. The number of cyclic esters (lactones) is 1. The minimum Gasteiger partial charge on any atom is -0.460 e. The molecule has 0 aromatic heterocycles. The van der Waals surface area contributed by atoms with Gasteiger partial charge in [0.25, 0.3) is 0 Å². The summed E-state index contributed by atoms with van der Waals surface area (Å²) in [6.07, 6.45) is -1.04. The van der Waals surface area contributed by atoms with Crippen LogP contribution in [-0.4, -0.2) is 51.0 Å². The normalized spacial score (nSPS) is 21.3. The number of halogens is 1. The third kappa shape index (κ3) is 3.65. The highest BCUT2D eigenvalue weighted by Crippen LogP contribution is 2.26. The Kier molecular flexibility index (Phi) is 4.98. The number of hydrogen-bond acceptors (Lipinski definition) is 6. The van der Waals surface area contributed by atoms with E-state index in [2.05, 4.69) is 0 Å². The van der Waals surface area contributed by atoms with Crippen molar-refractivity contribution in [2.75, 3.05) is 14.1 Å². The molecule has 126 valence electrons. The summed E-state index contributed by atoms with van der Waals surface area (Å²) in [5.41, 5.74) is -0.0119. The van der Waals surface area contributed by atoms with E-state index in [-0.39, 0.29) is 28.0 Å². The zero-order valence-electron chi connectivity index (χ0n) is 12.8. The molecule has 9 heteroatoms. The fourth-order valence-electron chi connectivity index (χ4n) is 2.04. The molecule has 7 nitrogen and oxygen atoms in total. The van der Waals surface area contributed by atoms with E-state index in [9.17, 15) is 18.0 Å². The number of sulfonamides is 1. The molecule has 0 spiro atoms. The molecule has 0 radical (unpaired) electrons. The maximum atomic E-state index is 12.2. The van der Waals surface area contributed by atoms with Crippen molar-refractivity contribution in [3.63, 3.8) is 0 Å². The van der Waals surface area contributed by atoms with Crippen molar-refractivity contribution < 1.29 is 27.5 Å². The maximum Gasteiger partial charge on any atom is 0.347 e. The second-order valence-electron chi connectivity index (χ2n) is 5.31.